The minimum absolute atomic E-state index is 0.0974. The molecule has 6 heterocycles. The number of carbonyl (C=O) groups is 5. The molecule has 5 amide bonds. The number of fused-ring (bicyclic) bond motifs is 2. The molecule has 1 unspecified atom stereocenters. The number of imide groups is 1. The minimum Gasteiger partial charge on any atom is -0.382 e. The number of benzene rings is 2. The van der Waals surface area contributed by atoms with Gasteiger partial charge in [-0.1, -0.05) is 24.3 Å². The smallest absolute Gasteiger partial charge is 0.256 e. The van der Waals surface area contributed by atoms with Crippen LogP contribution in [0.5, 0.6) is 0 Å². The van der Waals surface area contributed by atoms with Crippen molar-refractivity contribution in [1.82, 2.24) is 34.5 Å². The molecular weight excluding hydrogens is 865 g/mol. The number of hydrogen-bond acceptors (Lipinski definition) is 15. The van der Waals surface area contributed by atoms with E-state index in [4.69, 9.17) is 34.4 Å². The Kier molecular flexibility index (Phi) is 15.7. The number of ether oxygens (including phenoxy) is 5. The number of aromatic nitrogens is 4. The van der Waals surface area contributed by atoms with E-state index in [2.05, 4.69) is 25.9 Å². The molecule has 2 aromatic carbocycles. The molecule has 20 heteroatoms. The number of carbonyl (C=O) groups excluding carboxylic acids is 5. The van der Waals surface area contributed by atoms with E-state index in [1.54, 1.807) is 66.0 Å². The lowest BCUT2D eigenvalue weighted by molar-refractivity contribution is -0.138. The molecule has 67 heavy (non-hydrogen) atoms. The van der Waals surface area contributed by atoms with E-state index >= 15 is 0 Å². The van der Waals surface area contributed by atoms with Crippen LogP contribution >= 0.6 is 0 Å². The third-order valence-electron chi connectivity index (χ3n) is 11.7. The van der Waals surface area contributed by atoms with Crippen LogP contribution in [0.1, 0.15) is 63.8 Å². The average molecular weight is 919 g/mol. The molecule has 8 rings (SSSR count). The molecule has 2 saturated heterocycles. The van der Waals surface area contributed by atoms with Gasteiger partial charge in [-0.05, 0) is 55.7 Å². The Balaban J connectivity index is 0.674. The van der Waals surface area contributed by atoms with Crippen molar-refractivity contribution in [2.24, 2.45) is 0 Å². The fraction of sp³-hybridized carbons (Fsp3) is 0.404. The lowest BCUT2D eigenvalue weighted by Crippen LogP contribution is -2.52. The van der Waals surface area contributed by atoms with E-state index in [9.17, 15) is 24.0 Å². The standard InChI is InChI=1S/C47H54N10O10/c48-43-42-41(31-9-11-32(12-10-31)45(60)52-38-8-1-2-15-50-38)54-44(56(42)19-16-51-43)36-7-4-18-55(36)40(59)30-67-28-27-66-26-25-65-24-23-64-22-21-63-20-17-49-35-6-3-5-33-34(35)29-57(47(33)62)37-13-14-39(58)53-46(37)61/h1-3,5-6,8-12,15-16,19,36-37,49H,4,7,13-14,17-18,20-30H2,(H2,48,51)(H,50,52,60)(H,53,58,61)/t36-,37?/m0/s1. The van der Waals surface area contributed by atoms with Crippen LogP contribution in [-0.4, -0.2) is 144 Å². The van der Waals surface area contributed by atoms with Gasteiger partial charge < -0.3 is 49.9 Å². The quantitative estimate of drug-likeness (QED) is 0.0543. The zero-order valence-electron chi connectivity index (χ0n) is 37.0. The molecule has 3 aliphatic heterocycles. The van der Waals surface area contributed by atoms with Gasteiger partial charge in [-0.25, -0.2) is 15.0 Å². The van der Waals surface area contributed by atoms with Gasteiger partial charge in [0.25, 0.3) is 11.8 Å². The second-order valence-electron chi connectivity index (χ2n) is 16.0. The number of likely N-dealkylation sites (tertiary alicyclic amines) is 1. The van der Waals surface area contributed by atoms with Crippen molar-refractivity contribution in [2.75, 3.05) is 95.5 Å². The van der Waals surface area contributed by atoms with Crippen LogP contribution in [0.3, 0.4) is 0 Å². The molecule has 0 saturated carbocycles. The first-order chi connectivity index (χ1) is 32.8. The predicted molar refractivity (Wildman–Crippen MR) is 244 cm³/mol. The third kappa shape index (κ3) is 11.4. The summed E-state index contributed by atoms with van der Waals surface area (Å²) < 4.78 is 30.1. The van der Waals surface area contributed by atoms with E-state index in [1.165, 1.54) is 4.90 Å². The number of nitrogens with one attached hydrogen (secondary N) is 3. The highest BCUT2D eigenvalue weighted by Crippen LogP contribution is 2.37. The van der Waals surface area contributed by atoms with Crippen LogP contribution < -0.4 is 21.7 Å². The van der Waals surface area contributed by atoms with Crippen LogP contribution in [0.15, 0.2) is 79.3 Å². The number of piperidine rings is 1. The van der Waals surface area contributed by atoms with E-state index in [1.807, 2.05) is 22.6 Å². The second kappa shape index (κ2) is 22.6. The maximum absolute atomic E-state index is 13.4. The molecule has 0 radical (unpaired) electrons. The van der Waals surface area contributed by atoms with Gasteiger partial charge in [-0.2, -0.15) is 0 Å². The first-order valence-corrected chi connectivity index (χ1v) is 22.4. The maximum atomic E-state index is 13.4. The Morgan fingerprint density at radius 1 is 0.791 bits per heavy atom. The van der Waals surface area contributed by atoms with Gasteiger partial charge in [0.2, 0.25) is 17.7 Å². The van der Waals surface area contributed by atoms with Crippen molar-refractivity contribution in [3.63, 3.8) is 0 Å². The lowest BCUT2D eigenvalue weighted by Gasteiger charge is -2.29. The summed E-state index contributed by atoms with van der Waals surface area (Å²) in [4.78, 5) is 80.1. The van der Waals surface area contributed by atoms with Crippen molar-refractivity contribution >= 4 is 52.4 Å². The molecule has 5 N–H and O–H groups in total. The molecule has 0 spiro atoms. The van der Waals surface area contributed by atoms with Gasteiger partial charge in [0.15, 0.2) is 0 Å². The number of rotatable bonds is 23. The highest BCUT2D eigenvalue weighted by molar-refractivity contribution is 6.06. The number of nitrogens with two attached hydrogens (primary N) is 1. The molecule has 3 aliphatic rings. The zero-order valence-corrected chi connectivity index (χ0v) is 37.0. The highest BCUT2D eigenvalue weighted by atomic mass is 16.6. The maximum Gasteiger partial charge on any atom is 0.256 e. The first-order valence-electron chi connectivity index (χ1n) is 22.4. The molecule has 0 aliphatic carbocycles. The number of imidazole rings is 1. The zero-order chi connectivity index (χ0) is 46.5. The van der Waals surface area contributed by atoms with Gasteiger partial charge in [0, 0.05) is 72.6 Å². The molecular formula is C47H54N10O10. The van der Waals surface area contributed by atoms with E-state index < -0.39 is 11.9 Å². The van der Waals surface area contributed by atoms with Gasteiger partial charge in [0.1, 0.15) is 41.3 Å². The van der Waals surface area contributed by atoms with Crippen LogP contribution in [-0.2, 0) is 44.6 Å². The Morgan fingerprint density at radius 2 is 1.52 bits per heavy atom. The lowest BCUT2D eigenvalue weighted by atomic mass is 10.0. The summed E-state index contributed by atoms with van der Waals surface area (Å²) in [7, 11) is 0. The van der Waals surface area contributed by atoms with Crippen LogP contribution in [0.2, 0.25) is 0 Å². The summed E-state index contributed by atoms with van der Waals surface area (Å²) in [5.74, 6) is 0.0342. The van der Waals surface area contributed by atoms with Crippen molar-refractivity contribution in [1.29, 1.82) is 0 Å². The number of hydrogen-bond donors (Lipinski definition) is 4. The molecule has 2 atom stereocenters. The Labute approximate surface area is 386 Å². The monoisotopic (exact) mass is 918 g/mol. The SMILES string of the molecule is Nc1nccn2c([C@@H]3CCCN3C(=O)COCCOCCOCCOCCOCCNc3cccc4c3CN(C3CCC(=O)NC3=O)C4=O)nc(-c3ccc(C(=O)Nc4ccccn4)cc3)c12. The van der Waals surface area contributed by atoms with Crippen molar-refractivity contribution < 1.29 is 47.7 Å². The molecule has 0 bridgehead atoms. The summed E-state index contributed by atoms with van der Waals surface area (Å²) in [6.45, 7) is 4.61. The Bertz CT molecular complexity index is 2540. The Hall–Kier alpha value is -6.84. The van der Waals surface area contributed by atoms with Gasteiger partial charge >= 0.3 is 0 Å². The molecule has 352 valence electrons. The van der Waals surface area contributed by atoms with Crippen LogP contribution in [0.4, 0.5) is 17.3 Å². The number of pyridine rings is 1. The molecule has 20 nitrogen and oxygen atoms in total. The van der Waals surface area contributed by atoms with Crippen LogP contribution in [0.25, 0.3) is 16.8 Å². The fourth-order valence-electron chi connectivity index (χ4n) is 8.39. The van der Waals surface area contributed by atoms with Crippen molar-refractivity contribution in [2.45, 2.75) is 44.3 Å². The summed E-state index contributed by atoms with van der Waals surface area (Å²) in [5.41, 5.74) is 11.0. The summed E-state index contributed by atoms with van der Waals surface area (Å²) in [5, 5.41) is 8.44. The number of nitrogen functional groups attached to an aromatic ring is 1. The Morgan fingerprint density at radius 3 is 2.24 bits per heavy atom. The van der Waals surface area contributed by atoms with Crippen molar-refractivity contribution in [3.8, 4) is 11.3 Å². The summed E-state index contributed by atoms with van der Waals surface area (Å²) in [6.07, 6.45) is 7.07. The van der Waals surface area contributed by atoms with Crippen molar-refractivity contribution in [3.05, 3.63) is 102 Å². The highest BCUT2D eigenvalue weighted by Gasteiger charge is 2.40. The predicted octanol–water partition coefficient (Wildman–Crippen LogP) is 3.25. The summed E-state index contributed by atoms with van der Waals surface area (Å²) >= 11 is 0. The topological polar surface area (TPSA) is 243 Å². The average Bonchev–Trinajstić information content (AvgIpc) is 4.07. The minimum atomic E-state index is -0.658. The van der Waals surface area contributed by atoms with Gasteiger partial charge in [-0.3, -0.25) is 33.7 Å². The molecule has 3 aromatic heterocycles. The van der Waals surface area contributed by atoms with Crippen LogP contribution in [0, 0.1) is 0 Å². The van der Waals surface area contributed by atoms with Gasteiger partial charge in [0.05, 0.1) is 65.5 Å². The first kappa shape index (κ1) is 46.7. The summed E-state index contributed by atoms with van der Waals surface area (Å²) in [6, 6.07) is 16.9. The van der Waals surface area contributed by atoms with E-state index in [-0.39, 0.29) is 49.3 Å². The van der Waals surface area contributed by atoms with E-state index in [0.29, 0.717) is 119 Å². The molecule has 5 aromatic rings. The number of nitrogens with zero attached hydrogens (tertiary/aromatic N) is 6. The number of amides is 5. The third-order valence-corrected chi connectivity index (χ3v) is 11.7. The fourth-order valence-corrected chi connectivity index (χ4v) is 8.39. The van der Waals surface area contributed by atoms with E-state index in [0.717, 1.165) is 29.7 Å². The second-order valence-corrected chi connectivity index (χ2v) is 16.0. The largest absolute Gasteiger partial charge is 0.382 e. The van der Waals surface area contributed by atoms with Gasteiger partial charge in [-0.15, -0.1) is 0 Å². The number of anilines is 3. The molecule has 2 fully saturated rings. The normalized spacial score (nSPS) is 17.0.